The third-order valence-corrected chi connectivity index (χ3v) is 7.73. The highest BCUT2D eigenvalue weighted by Crippen LogP contribution is 2.51. The summed E-state index contributed by atoms with van der Waals surface area (Å²) in [6.45, 7) is 7.43. The Morgan fingerprint density at radius 3 is 2.16 bits per heavy atom. The molecule has 1 N–H and O–H groups in total. The van der Waals surface area contributed by atoms with Gasteiger partial charge in [-0.2, -0.15) is 0 Å². The van der Waals surface area contributed by atoms with E-state index >= 15 is 0 Å². The molecule has 1 saturated heterocycles. The number of benzene rings is 2. The number of hydrogen-bond donors (Lipinski definition) is 1. The van der Waals surface area contributed by atoms with Gasteiger partial charge in [0, 0.05) is 18.0 Å². The van der Waals surface area contributed by atoms with Crippen LogP contribution in [0.5, 0.6) is 28.7 Å². The maximum Gasteiger partial charge on any atom is 0.254 e. The Morgan fingerprint density at radius 1 is 0.895 bits per heavy atom. The molecule has 2 aromatic carbocycles. The molecule has 4 rings (SSSR count). The van der Waals surface area contributed by atoms with Gasteiger partial charge in [0.25, 0.3) is 5.91 Å². The number of likely N-dealkylation sites (tertiary alicyclic amines) is 1. The van der Waals surface area contributed by atoms with Gasteiger partial charge >= 0.3 is 0 Å². The number of methoxy groups -OCH3 is 2. The van der Waals surface area contributed by atoms with Gasteiger partial charge in [0.15, 0.2) is 23.0 Å². The molecule has 2 aliphatic rings. The summed E-state index contributed by atoms with van der Waals surface area (Å²) in [6, 6.07) is 8.94. The van der Waals surface area contributed by atoms with Crippen molar-refractivity contribution in [3.8, 4) is 28.7 Å². The molecular weight excluding hydrogens is 486 g/mol. The number of piperidine rings is 1. The number of rotatable bonds is 10. The second kappa shape index (κ2) is 12.2. The van der Waals surface area contributed by atoms with Gasteiger partial charge in [-0.05, 0) is 69.9 Å². The molecule has 2 aromatic rings. The standard InChI is InChI=1S/C30H41NO7/c1-6-36-25-18-21(19-26(37-7-2)28(25)38-8-3)29(32)31-16-15-30(33)14-10-9-11-22(30)27(31)20-12-13-23(34-4)24(17-20)35-5/h12-13,17-19,22,27,33H,6-11,14-16H2,1-5H3. The van der Waals surface area contributed by atoms with Crippen molar-refractivity contribution in [1.29, 1.82) is 0 Å². The zero-order valence-electron chi connectivity index (χ0n) is 23.2. The zero-order valence-corrected chi connectivity index (χ0v) is 23.2. The number of amides is 1. The van der Waals surface area contributed by atoms with Crippen molar-refractivity contribution in [2.45, 2.75) is 64.5 Å². The molecular formula is C30H41NO7. The Kier molecular flexibility index (Phi) is 8.92. The van der Waals surface area contributed by atoms with Gasteiger partial charge < -0.3 is 33.7 Å². The molecule has 0 aromatic heterocycles. The van der Waals surface area contributed by atoms with Crippen LogP contribution in [0.2, 0.25) is 0 Å². The van der Waals surface area contributed by atoms with E-state index in [0.717, 1.165) is 31.2 Å². The van der Waals surface area contributed by atoms with Crippen LogP contribution in [-0.2, 0) is 0 Å². The minimum absolute atomic E-state index is 0.0903. The van der Waals surface area contributed by atoms with E-state index in [4.69, 9.17) is 23.7 Å². The molecule has 38 heavy (non-hydrogen) atoms. The summed E-state index contributed by atoms with van der Waals surface area (Å²) in [5.41, 5.74) is 0.577. The number of fused-ring (bicyclic) bond motifs is 1. The van der Waals surface area contributed by atoms with Crippen molar-refractivity contribution in [2.24, 2.45) is 5.92 Å². The fourth-order valence-corrected chi connectivity index (χ4v) is 6.04. The maximum absolute atomic E-state index is 14.3. The molecule has 1 saturated carbocycles. The van der Waals surface area contributed by atoms with Gasteiger partial charge in [0.2, 0.25) is 5.75 Å². The van der Waals surface area contributed by atoms with Crippen molar-refractivity contribution in [2.75, 3.05) is 40.6 Å². The molecule has 3 unspecified atom stereocenters. The van der Waals surface area contributed by atoms with E-state index in [-0.39, 0.29) is 17.9 Å². The van der Waals surface area contributed by atoms with E-state index in [2.05, 4.69) is 0 Å². The smallest absolute Gasteiger partial charge is 0.254 e. The molecule has 8 nitrogen and oxygen atoms in total. The highest BCUT2D eigenvalue weighted by molar-refractivity contribution is 5.96. The zero-order chi connectivity index (χ0) is 27.3. The van der Waals surface area contributed by atoms with Crippen molar-refractivity contribution >= 4 is 5.91 Å². The summed E-state index contributed by atoms with van der Waals surface area (Å²) < 4.78 is 28.6. The number of aliphatic hydroxyl groups is 1. The largest absolute Gasteiger partial charge is 0.493 e. The van der Waals surface area contributed by atoms with Crippen LogP contribution < -0.4 is 23.7 Å². The molecule has 1 heterocycles. The van der Waals surface area contributed by atoms with Crippen molar-refractivity contribution < 1.29 is 33.6 Å². The van der Waals surface area contributed by atoms with E-state index in [9.17, 15) is 9.90 Å². The van der Waals surface area contributed by atoms with Gasteiger partial charge in [-0.3, -0.25) is 4.79 Å². The Labute approximate surface area is 225 Å². The number of ether oxygens (including phenoxy) is 5. The second-order valence-electron chi connectivity index (χ2n) is 9.86. The number of hydrogen-bond acceptors (Lipinski definition) is 7. The molecule has 0 radical (unpaired) electrons. The highest BCUT2D eigenvalue weighted by Gasteiger charge is 2.50. The molecule has 8 heteroatoms. The Bertz CT molecular complexity index is 1090. The van der Waals surface area contributed by atoms with Gasteiger partial charge in [-0.15, -0.1) is 0 Å². The van der Waals surface area contributed by atoms with E-state index in [1.807, 2.05) is 43.9 Å². The summed E-state index contributed by atoms with van der Waals surface area (Å²) >= 11 is 0. The monoisotopic (exact) mass is 527 g/mol. The third kappa shape index (κ3) is 5.37. The molecule has 0 bridgehead atoms. The first-order chi connectivity index (χ1) is 18.4. The molecule has 1 aliphatic carbocycles. The van der Waals surface area contributed by atoms with Crippen LogP contribution in [0.3, 0.4) is 0 Å². The maximum atomic E-state index is 14.3. The molecule has 2 fully saturated rings. The number of carbonyl (C=O) groups excluding carboxylic acids is 1. The van der Waals surface area contributed by atoms with Crippen LogP contribution in [0.4, 0.5) is 0 Å². The first-order valence-corrected chi connectivity index (χ1v) is 13.7. The first-order valence-electron chi connectivity index (χ1n) is 13.7. The van der Waals surface area contributed by atoms with Gasteiger partial charge in [0.05, 0.1) is 45.7 Å². The minimum Gasteiger partial charge on any atom is -0.493 e. The van der Waals surface area contributed by atoms with Gasteiger partial charge in [-0.25, -0.2) is 0 Å². The number of carbonyl (C=O) groups is 1. The van der Waals surface area contributed by atoms with E-state index in [1.54, 1.807) is 26.4 Å². The lowest BCUT2D eigenvalue weighted by Gasteiger charge is -2.52. The Balaban J connectivity index is 1.80. The summed E-state index contributed by atoms with van der Waals surface area (Å²) in [5.74, 6) is 2.47. The molecule has 0 spiro atoms. The van der Waals surface area contributed by atoms with Crippen molar-refractivity contribution in [1.82, 2.24) is 4.90 Å². The summed E-state index contributed by atoms with van der Waals surface area (Å²) in [6.07, 6.45) is 4.14. The van der Waals surface area contributed by atoms with Crippen LogP contribution in [0, 0.1) is 5.92 Å². The highest BCUT2D eigenvalue weighted by atomic mass is 16.5. The summed E-state index contributed by atoms with van der Waals surface area (Å²) in [5, 5.41) is 11.7. The topological polar surface area (TPSA) is 86.7 Å². The predicted octanol–water partition coefficient (Wildman–Crippen LogP) is 5.41. The SMILES string of the molecule is CCOc1cc(C(=O)N2CCC3(O)CCCCC3C2c2ccc(OC)c(OC)c2)cc(OCC)c1OCC. The molecule has 3 atom stereocenters. The Morgan fingerprint density at radius 2 is 1.55 bits per heavy atom. The normalized spacial score (nSPS) is 22.8. The fourth-order valence-electron chi connectivity index (χ4n) is 6.04. The van der Waals surface area contributed by atoms with E-state index in [0.29, 0.717) is 67.1 Å². The van der Waals surface area contributed by atoms with Gasteiger partial charge in [-0.1, -0.05) is 18.9 Å². The lowest BCUT2D eigenvalue weighted by atomic mass is 9.66. The van der Waals surface area contributed by atoms with E-state index < -0.39 is 5.60 Å². The van der Waals surface area contributed by atoms with Crippen LogP contribution in [0.25, 0.3) is 0 Å². The number of nitrogens with zero attached hydrogens (tertiary/aromatic N) is 1. The average Bonchev–Trinajstić information content (AvgIpc) is 2.93. The quantitative estimate of drug-likeness (QED) is 0.442. The van der Waals surface area contributed by atoms with Crippen molar-refractivity contribution in [3.05, 3.63) is 41.5 Å². The average molecular weight is 528 g/mol. The van der Waals surface area contributed by atoms with Crippen LogP contribution in [0.15, 0.2) is 30.3 Å². The second-order valence-corrected chi connectivity index (χ2v) is 9.86. The lowest BCUT2D eigenvalue weighted by molar-refractivity contribution is -0.115. The summed E-state index contributed by atoms with van der Waals surface area (Å²) in [7, 11) is 3.21. The Hall–Kier alpha value is -3.13. The minimum atomic E-state index is -0.807. The molecule has 1 aliphatic heterocycles. The first kappa shape index (κ1) is 27.9. The third-order valence-electron chi connectivity index (χ3n) is 7.73. The lowest BCUT2D eigenvalue weighted by Crippen LogP contribution is -2.56. The molecule has 208 valence electrons. The predicted molar refractivity (Wildman–Crippen MR) is 145 cm³/mol. The van der Waals surface area contributed by atoms with Crippen LogP contribution >= 0.6 is 0 Å². The van der Waals surface area contributed by atoms with Crippen molar-refractivity contribution in [3.63, 3.8) is 0 Å². The van der Waals surface area contributed by atoms with E-state index in [1.165, 1.54) is 0 Å². The van der Waals surface area contributed by atoms with Crippen LogP contribution in [-0.4, -0.2) is 62.1 Å². The summed E-state index contributed by atoms with van der Waals surface area (Å²) in [4.78, 5) is 16.2. The fraction of sp³-hybridized carbons (Fsp3) is 0.567. The molecule has 1 amide bonds. The van der Waals surface area contributed by atoms with Gasteiger partial charge in [0.1, 0.15) is 0 Å². The van der Waals surface area contributed by atoms with Crippen LogP contribution in [0.1, 0.15) is 74.8 Å².